The quantitative estimate of drug-likeness (QED) is 0.545. The van der Waals surface area contributed by atoms with Crippen molar-refractivity contribution in [1.29, 1.82) is 0 Å². The maximum Gasteiger partial charge on any atom is 0.339 e. The van der Waals surface area contributed by atoms with Crippen LogP contribution in [0, 0.1) is 0 Å². The molecule has 3 aromatic rings. The molecule has 2 aromatic carbocycles. The Morgan fingerprint density at radius 2 is 1.81 bits per heavy atom. The molecule has 7 nitrogen and oxygen atoms in total. The van der Waals surface area contributed by atoms with Crippen molar-refractivity contribution in [3.05, 3.63) is 84.2 Å². The number of para-hydroxylation sites is 1. The van der Waals surface area contributed by atoms with Gasteiger partial charge in [0.25, 0.3) is 0 Å². The number of aromatic nitrogens is 1. The lowest BCUT2D eigenvalue weighted by molar-refractivity contribution is -0.255. The number of urea groups is 1. The summed E-state index contributed by atoms with van der Waals surface area (Å²) in [4.78, 5) is 22.8. The van der Waals surface area contributed by atoms with E-state index in [0.29, 0.717) is 17.1 Å². The summed E-state index contributed by atoms with van der Waals surface area (Å²) in [5.41, 5.74) is 4.43. The number of carboxylic acids is 1. The third kappa shape index (κ3) is 4.15. The van der Waals surface area contributed by atoms with Gasteiger partial charge in [0.15, 0.2) is 0 Å². The Morgan fingerprint density at radius 3 is 2.58 bits per heavy atom. The Balaban J connectivity index is 1.69. The summed E-state index contributed by atoms with van der Waals surface area (Å²) in [5.74, 6) is -1.24. The van der Waals surface area contributed by atoms with Crippen LogP contribution in [0.5, 0.6) is 0 Å². The predicted octanol–water partition coefficient (Wildman–Crippen LogP) is 2.00. The van der Waals surface area contributed by atoms with Gasteiger partial charge in [-0.25, -0.2) is 10.2 Å². The number of amides is 2. The predicted molar refractivity (Wildman–Crippen MR) is 96.3 cm³/mol. The maximum atomic E-state index is 11.8. The van der Waals surface area contributed by atoms with E-state index < -0.39 is 12.0 Å². The van der Waals surface area contributed by atoms with Gasteiger partial charge < -0.3 is 19.8 Å². The molecule has 26 heavy (non-hydrogen) atoms. The monoisotopic (exact) mass is 347 g/mol. The Kier molecular flexibility index (Phi) is 5.09. The third-order valence-corrected chi connectivity index (χ3v) is 3.53. The van der Waals surface area contributed by atoms with Crippen molar-refractivity contribution in [3.8, 4) is 5.69 Å². The summed E-state index contributed by atoms with van der Waals surface area (Å²) in [5, 5.41) is 17.6. The maximum absolute atomic E-state index is 11.8. The minimum Gasteiger partial charge on any atom is -0.545 e. The molecular formula is C19H15N4O3-. The molecule has 0 saturated heterocycles. The van der Waals surface area contributed by atoms with Gasteiger partial charge in [0.2, 0.25) is 0 Å². The number of hydrogen-bond acceptors (Lipinski definition) is 4. The van der Waals surface area contributed by atoms with Crippen molar-refractivity contribution in [2.45, 2.75) is 0 Å². The lowest BCUT2D eigenvalue weighted by Gasteiger charge is -2.09. The topological polar surface area (TPSA) is 98.5 Å². The van der Waals surface area contributed by atoms with E-state index in [4.69, 9.17) is 0 Å². The molecule has 0 radical (unpaired) electrons. The number of rotatable bonds is 5. The van der Waals surface area contributed by atoms with Crippen LogP contribution < -0.4 is 15.8 Å². The van der Waals surface area contributed by atoms with Gasteiger partial charge in [0.05, 0.1) is 17.9 Å². The summed E-state index contributed by atoms with van der Waals surface area (Å²) in [6, 6.07) is 18.5. The van der Waals surface area contributed by atoms with E-state index in [-0.39, 0.29) is 5.56 Å². The second-order valence-electron chi connectivity index (χ2n) is 5.33. The molecule has 1 aromatic heterocycles. The highest BCUT2D eigenvalue weighted by atomic mass is 16.4. The highest BCUT2D eigenvalue weighted by Gasteiger charge is 2.04. The van der Waals surface area contributed by atoms with Gasteiger partial charge in [-0.05, 0) is 42.0 Å². The van der Waals surface area contributed by atoms with Gasteiger partial charge in [0.1, 0.15) is 0 Å². The number of carboxylic acid groups (broad SMARTS) is 1. The molecule has 0 unspecified atom stereocenters. The molecule has 2 amide bonds. The van der Waals surface area contributed by atoms with Crippen LogP contribution in [0.3, 0.4) is 0 Å². The van der Waals surface area contributed by atoms with Crippen molar-refractivity contribution >= 4 is 23.9 Å². The molecule has 130 valence electrons. The normalized spacial score (nSPS) is 10.6. The van der Waals surface area contributed by atoms with Gasteiger partial charge in [0, 0.05) is 17.6 Å². The number of benzene rings is 2. The highest BCUT2D eigenvalue weighted by Crippen LogP contribution is 2.13. The first-order valence-electron chi connectivity index (χ1n) is 7.78. The number of hydrogen-bond donors (Lipinski definition) is 2. The lowest BCUT2D eigenvalue weighted by Crippen LogP contribution is -2.24. The first kappa shape index (κ1) is 17.0. The highest BCUT2D eigenvalue weighted by molar-refractivity contribution is 5.90. The van der Waals surface area contributed by atoms with Crippen LogP contribution in [0.25, 0.3) is 5.69 Å². The van der Waals surface area contributed by atoms with Crippen LogP contribution in [0.15, 0.2) is 78.0 Å². The van der Waals surface area contributed by atoms with Crippen LogP contribution in [0.1, 0.15) is 16.1 Å². The van der Waals surface area contributed by atoms with Gasteiger partial charge in [-0.15, -0.1) is 0 Å². The van der Waals surface area contributed by atoms with E-state index >= 15 is 0 Å². The van der Waals surface area contributed by atoms with Crippen LogP contribution in [0.4, 0.5) is 10.5 Å². The van der Waals surface area contributed by atoms with E-state index in [9.17, 15) is 14.7 Å². The van der Waals surface area contributed by atoms with Crippen molar-refractivity contribution in [2.24, 2.45) is 5.10 Å². The fourth-order valence-electron chi connectivity index (χ4n) is 2.35. The molecule has 0 aliphatic heterocycles. The summed E-state index contributed by atoms with van der Waals surface area (Å²) in [7, 11) is 0. The minimum absolute atomic E-state index is 0.0828. The number of hydrazone groups is 1. The summed E-state index contributed by atoms with van der Waals surface area (Å²) in [6.45, 7) is 0. The lowest BCUT2D eigenvalue weighted by atomic mass is 10.2. The van der Waals surface area contributed by atoms with Crippen LogP contribution >= 0.6 is 0 Å². The molecule has 2 N–H and O–H groups in total. The van der Waals surface area contributed by atoms with Gasteiger partial charge >= 0.3 is 6.03 Å². The van der Waals surface area contributed by atoms with Crippen LogP contribution in [0.2, 0.25) is 0 Å². The van der Waals surface area contributed by atoms with E-state index in [1.165, 1.54) is 18.3 Å². The SMILES string of the molecule is O=C(N/N=C\c1cccn1-c1cccc(C(=O)[O-])c1)Nc1ccccc1. The number of aromatic carboxylic acids is 1. The molecule has 0 bridgehead atoms. The molecule has 0 spiro atoms. The summed E-state index contributed by atoms with van der Waals surface area (Å²) in [6.07, 6.45) is 3.23. The fraction of sp³-hybridized carbons (Fsp3) is 0. The molecule has 0 fully saturated rings. The number of nitrogens with zero attached hydrogens (tertiary/aromatic N) is 2. The number of nitrogens with one attached hydrogen (secondary N) is 2. The number of anilines is 1. The van der Waals surface area contributed by atoms with Crippen molar-refractivity contribution in [1.82, 2.24) is 9.99 Å². The molecule has 0 aliphatic rings. The average Bonchev–Trinajstić information content (AvgIpc) is 3.11. The van der Waals surface area contributed by atoms with Gasteiger partial charge in [-0.1, -0.05) is 30.3 Å². The Morgan fingerprint density at radius 1 is 1.00 bits per heavy atom. The Labute approximate surface area is 149 Å². The summed E-state index contributed by atoms with van der Waals surface area (Å²) < 4.78 is 1.74. The van der Waals surface area contributed by atoms with Crippen molar-refractivity contribution in [2.75, 3.05) is 5.32 Å². The first-order chi connectivity index (χ1) is 12.6. The fourth-order valence-corrected chi connectivity index (χ4v) is 2.35. The van der Waals surface area contributed by atoms with E-state index in [1.54, 1.807) is 47.2 Å². The largest absolute Gasteiger partial charge is 0.545 e. The van der Waals surface area contributed by atoms with E-state index in [1.807, 2.05) is 18.2 Å². The standard InChI is InChI=1S/C19H16N4O3/c24-18(25)14-6-4-9-16(12-14)23-11-5-10-17(23)13-20-22-19(26)21-15-7-2-1-3-8-15/h1-13H,(H,24,25)(H2,21,22,26)/p-1/b20-13-. The number of carbonyl (C=O) groups excluding carboxylic acids is 2. The first-order valence-corrected chi connectivity index (χ1v) is 7.78. The molecule has 0 saturated carbocycles. The third-order valence-electron chi connectivity index (χ3n) is 3.53. The smallest absolute Gasteiger partial charge is 0.339 e. The van der Waals surface area contributed by atoms with Crippen molar-refractivity contribution in [3.63, 3.8) is 0 Å². The second-order valence-corrected chi connectivity index (χ2v) is 5.33. The zero-order chi connectivity index (χ0) is 18.4. The van der Waals surface area contributed by atoms with Crippen LogP contribution in [-0.4, -0.2) is 22.8 Å². The molecule has 1 heterocycles. The molecular weight excluding hydrogens is 332 g/mol. The molecule has 3 rings (SSSR count). The Hall–Kier alpha value is -3.87. The zero-order valence-corrected chi connectivity index (χ0v) is 13.6. The van der Waals surface area contributed by atoms with Crippen molar-refractivity contribution < 1.29 is 14.7 Å². The zero-order valence-electron chi connectivity index (χ0n) is 13.6. The van der Waals surface area contributed by atoms with E-state index in [0.717, 1.165) is 0 Å². The van der Waals surface area contributed by atoms with Gasteiger partial charge in [-0.3, -0.25) is 0 Å². The molecule has 7 heteroatoms. The number of carbonyl (C=O) groups is 2. The van der Waals surface area contributed by atoms with E-state index in [2.05, 4.69) is 15.8 Å². The minimum atomic E-state index is -1.24. The average molecular weight is 347 g/mol. The van der Waals surface area contributed by atoms with Crippen LogP contribution in [-0.2, 0) is 0 Å². The van der Waals surface area contributed by atoms with Gasteiger partial charge in [-0.2, -0.15) is 5.10 Å². The summed E-state index contributed by atoms with van der Waals surface area (Å²) >= 11 is 0. The Bertz CT molecular complexity index is 948. The second kappa shape index (κ2) is 7.80. The molecule has 0 atom stereocenters. The molecule has 0 aliphatic carbocycles.